The molecular formula is C8H7BrFNO. The summed E-state index contributed by atoms with van der Waals surface area (Å²) in [6.07, 6.45) is -0.725. The van der Waals surface area contributed by atoms with Crippen LogP contribution in [0.1, 0.15) is 11.7 Å². The van der Waals surface area contributed by atoms with Gasteiger partial charge in [-0.15, -0.1) is 0 Å². The smallest absolute Gasteiger partial charge is 0.131 e. The van der Waals surface area contributed by atoms with Crippen LogP contribution < -0.4 is 5.32 Å². The third-order valence-electron chi connectivity index (χ3n) is 1.95. The quantitative estimate of drug-likeness (QED) is 0.717. The Morgan fingerprint density at radius 2 is 2.33 bits per heavy atom. The van der Waals surface area contributed by atoms with Gasteiger partial charge in [-0.2, -0.15) is 0 Å². The minimum absolute atomic E-state index is 0.356. The number of rotatable bonds is 0. The molecule has 1 aromatic rings. The maximum Gasteiger partial charge on any atom is 0.131 e. The number of fused-ring (bicyclic) bond motifs is 1. The van der Waals surface area contributed by atoms with E-state index in [1.165, 1.54) is 6.07 Å². The van der Waals surface area contributed by atoms with E-state index in [9.17, 15) is 9.50 Å². The Morgan fingerprint density at radius 1 is 1.58 bits per heavy atom. The molecule has 0 spiro atoms. The van der Waals surface area contributed by atoms with Crippen LogP contribution in [0.15, 0.2) is 16.6 Å². The second kappa shape index (κ2) is 2.71. The van der Waals surface area contributed by atoms with Gasteiger partial charge in [-0.3, -0.25) is 0 Å². The van der Waals surface area contributed by atoms with E-state index < -0.39 is 6.10 Å². The number of β-amino-alcohol motifs (C(OH)–C–C–N with tert-alkyl or cyclic N) is 1. The Bertz CT molecular complexity index is 329. The average Bonchev–Trinajstić information content (AvgIpc) is 2.42. The van der Waals surface area contributed by atoms with Gasteiger partial charge in [0, 0.05) is 16.6 Å². The van der Waals surface area contributed by atoms with Gasteiger partial charge in [-0.05, 0) is 28.1 Å². The highest BCUT2D eigenvalue weighted by Gasteiger charge is 2.25. The Labute approximate surface area is 77.5 Å². The molecule has 0 bridgehead atoms. The summed E-state index contributed by atoms with van der Waals surface area (Å²) in [5.74, 6) is -0.356. The lowest BCUT2D eigenvalue weighted by Gasteiger charge is -2.04. The van der Waals surface area contributed by atoms with Gasteiger partial charge in [0.2, 0.25) is 0 Å². The lowest BCUT2D eigenvalue weighted by molar-refractivity contribution is 0.195. The van der Waals surface area contributed by atoms with Crippen molar-refractivity contribution in [1.29, 1.82) is 0 Å². The molecular weight excluding hydrogens is 225 g/mol. The molecule has 4 heteroatoms. The topological polar surface area (TPSA) is 32.3 Å². The highest BCUT2D eigenvalue weighted by molar-refractivity contribution is 9.10. The van der Waals surface area contributed by atoms with E-state index in [1.54, 1.807) is 6.07 Å². The van der Waals surface area contributed by atoms with Crippen LogP contribution in [-0.4, -0.2) is 11.7 Å². The molecule has 0 fully saturated rings. The summed E-state index contributed by atoms with van der Waals surface area (Å²) in [7, 11) is 0. The molecule has 0 saturated carbocycles. The predicted octanol–water partition coefficient (Wildman–Crippen LogP) is 2.05. The van der Waals surface area contributed by atoms with Gasteiger partial charge in [0.15, 0.2) is 0 Å². The van der Waals surface area contributed by atoms with Gasteiger partial charge in [-0.25, -0.2) is 4.39 Å². The van der Waals surface area contributed by atoms with Crippen molar-refractivity contribution >= 4 is 21.6 Å². The molecule has 2 nitrogen and oxygen atoms in total. The van der Waals surface area contributed by atoms with E-state index in [2.05, 4.69) is 21.2 Å². The molecule has 2 N–H and O–H groups in total. The number of aliphatic hydroxyl groups excluding tert-OH is 1. The minimum Gasteiger partial charge on any atom is -0.386 e. The maximum atomic E-state index is 13.1. The number of hydrogen-bond acceptors (Lipinski definition) is 2. The van der Waals surface area contributed by atoms with Crippen LogP contribution in [0.3, 0.4) is 0 Å². The number of halogens is 2. The normalized spacial score (nSPS) is 20.4. The summed E-state index contributed by atoms with van der Waals surface area (Å²) < 4.78 is 13.9. The molecule has 0 amide bonds. The first kappa shape index (κ1) is 8.01. The Hall–Kier alpha value is -0.610. The van der Waals surface area contributed by atoms with Crippen molar-refractivity contribution in [3.63, 3.8) is 0 Å². The summed E-state index contributed by atoms with van der Waals surface area (Å²) in [6.45, 7) is 0.384. The Balaban J connectivity index is 2.64. The van der Waals surface area contributed by atoms with Gasteiger partial charge in [0.05, 0.1) is 5.69 Å². The van der Waals surface area contributed by atoms with Crippen molar-refractivity contribution in [2.45, 2.75) is 6.10 Å². The number of hydrogen-bond donors (Lipinski definition) is 2. The Kier molecular flexibility index (Phi) is 1.81. The van der Waals surface area contributed by atoms with Crippen molar-refractivity contribution in [1.82, 2.24) is 0 Å². The number of nitrogens with one attached hydrogen (secondary N) is 1. The van der Waals surface area contributed by atoms with Gasteiger partial charge < -0.3 is 10.4 Å². The molecule has 1 aromatic carbocycles. The van der Waals surface area contributed by atoms with Gasteiger partial charge >= 0.3 is 0 Å². The van der Waals surface area contributed by atoms with E-state index >= 15 is 0 Å². The van der Waals surface area contributed by atoms with E-state index in [0.29, 0.717) is 17.8 Å². The molecule has 2 rings (SSSR count). The molecule has 0 aliphatic carbocycles. The number of aliphatic hydroxyl groups is 1. The van der Waals surface area contributed by atoms with Crippen molar-refractivity contribution in [2.75, 3.05) is 11.9 Å². The lowest BCUT2D eigenvalue weighted by Crippen LogP contribution is -2.00. The first-order valence-electron chi connectivity index (χ1n) is 3.60. The monoisotopic (exact) mass is 231 g/mol. The maximum absolute atomic E-state index is 13.1. The second-order valence-electron chi connectivity index (χ2n) is 2.71. The summed E-state index contributed by atoms with van der Waals surface area (Å²) in [5.41, 5.74) is 1.03. The third kappa shape index (κ3) is 1.03. The molecule has 1 aliphatic heterocycles. The van der Waals surface area contributed by atoms with Crippen molar-refractivity contribution in [3.8, 4) is 0 Å². The van der Waals surface area contributed by atoms with Gasteiger partial charge in [-0.1, -0.05) is 0 Å². The van der Waals surface area contributed by atoms with Crippen LogP contribution in [0.4, 0.5) is 10.1 Å². The molecule has 0 aromatic heterocycles. The van der Waals surface area contributed by atoms with Crippen LogP contribution in [0.25, 0.3) is 0 Å². The third-order valence-corrected chi connectivity index (χ3v) is 2.61. The minimum atomic E-state index is -0.725. The fourth-order valence-corrected chi connectivity index (χ4v) is 1.86. The summed E-state index contributed by atoms with van der Waals surface area (Å²) >= 11 is 3.27. The molecule has 0 saturated heterocycles. The fourth-order valence-electron chi connectivity index (χ4n) is 1.37. The van der Waals surface area contributed by atoms with E-state index in [0.717, 1.165) is 4.47 Å². The van der Waals surface area contributed by atoms with Gasteiger partial charge in [0.1, 0.15) is 11.9 Å². The van der Waals surface area contributed by atoms with Crippen LogP contribution >= 0.6 is 15.9 Å². The van der Waals surface area contributed by atoms with Crippen LogP contribution in [0.2, 0.25) is 0 Å². The molecule has 12 heavy (non-hydrogen) atoms. The van der Waals surface area contributed by atoms with E-state index in [4.69, 9.17) is 0 Å². The molecule has 0 radical (unpaired) electrons. The zero-order chi connectivity index (χ0) is 8.72. The molecule has 1 aliphatic rings. The van der Waals surface area contributed by atoms with Crippen LogP contribution in [-0.2, 0) is 0 Å². The van der Waals surface area contributed by atoms with Crippen LogP contribution in [0, 0.1) is 5.82 Å². The van der Waals surface area contributed by atoms with E-state index in [1.807, 2.05) is 0 Å². The average molecular weight is 232 g/mol. The van der Waals surface area contributed by atoms with Crippen LogP contribution in [0.5, 0.6) is 0 Å². The molecule has 64 valence electrons. The zero-order valence-electron chi connectivity index (χ0n) is 6.14. The predicted molar refractivity (Wildman–Crippen MR) is 47.5 cm³/mol. The Morgan fingerprint density at radius 3 is 3.00 bits per heavy atom. The van der Waals surface area contributed by atoms with Crippen molar-refractivity contribution in [2.24, 2.45) is 0 Å². The molecule has 0 unspecified atom stereocenters. The first-order chi connectivity index (χ1) is 5.70. The zero-order valence-corrected chi connectivity index (χ0v) is 7.73. The molecule has 1 atom stereocenters. The second-order valence-corrected chi connectivity index (χ2v) is 3.57. The largest absolute Gasteiger partial charge is 0.386 e. The standard InChI is InChI=1S/C8H7BrFNO/c9-4-1-2-5(10)7-6(12)3-11-8(4)7/h1-2,6,11-12H,3H2/t6-/m1/s1. The highest BCUT2D eigenvalue weighted by Crippen LogP contribution is 2.37. The highest BCUT2D eigenvalue weighted by atomic mass is 79.9. The van der Waals surface area contributed by atoms with Gasteiger partial charge in [0.25, 0.3) is 0 Å². The number of anilines is 1. The van der Waals surface area contributed by atoms with Crippen molar-refractivity contribution < 1.29 is 9.50 Å². The summed E-state index contributed by atoms with van der Waals surface area (Å²) in [4.78, 5) is 0. The number of benzene rings is 1. The molecule has 1 heterocycles. The summed E-state index contributed by atoms with van der Waals surface area (Å²) in [6, 6.07) is 2.97. The van der Waals surface area contributed by atoms with E-state index in [-0.39, 0.29) is 5.82 Å². The SMILES string of the molecule is O[C@@H]1CNc2c(Br)ccc(F)c21. The first-order valence-corrected chi connectivity index (χ1v) is 4.39. The summed E-state index contributed by atoms with van der Waals surface area (Å²) in [5, 5.41) is 12.3. The van der Waals surface area contributed by atoms with Crippen molar-refractivity contribution in [3.05, 3.63) is 28.0 Å². The fraction of sp³-hybridized carbons (Fsp3) is 0.250. The lowest BCUT2D eigenvalue weighted by atomic mass is 10.1.